The quantitative estimate of drug-likeness (QED) is 0.832. The Morgan fingerprint density at radius 3 is 2.20 bits per heavy atom. The molecule has 1 amide bonds. The number of aryl methyl sites for hydroxylation is 1. The summed E-state index contributed by atoms with van der Waals surface area (Å²) in [5.74, 6) is 0.0218. The van der Waals surface area contributed by atoms with Crippen LogP contribution < -0.4 is 10.5 Å². The second-order valence-electron chi connectivity index (χ2n) is 5.29. The fourth-order valence-electron chi connectivity index (χ4n) is 1.71. The zero-order valence-electron chi connectivity index (χ0n) is 12.1. The van der Waals surface area contributed by atoms with Gasteiger partial charge in [-0.15, -0.1) is 0 Å². The van der Waals surface area contributed by atoms with Gasteiger partial charge in [-0.1, -0.05) is 26.0 Å². The molecule has 5 nitrogen and oxygen atoms in total. The number of benzene rings is 1. The molecule has 112 valence electrons. The van der Waals surface area contributed by atoms with E-state index in [9.17, 15) is 13.2 Å². The highest BCUT2D eigenvalue weighted by molar-refractivity contribution is 7.89. The summed E-state index contributed by atoms with van der Waals surface area (Å²) in [4.78, 5) is 11.6. The maximum absolute atomic E-state index is 11.5. The van der Waals surface area contributed by atoms with Crippen molar-refractivity contribution < 1.29 is 13.2 Å². The Balaban J connectivity index is 2.52. The third kappa shape index (κ3) is 5.30. The van der Waals surface area contributed by atoms with Crippen LogP contribution in [0.25, 0.3) is 0 Å². The maximum Gasteiger partial charge on any atom is 0.238 e. The van der Waals surface area contributed by atoms with Crippen molar-refractivity contribution in [1.29, 1.82) is 0 Å². The van der Waals surface area contributed by atoms with E-state index in [1.807, 2.05) is 20.8 Å². The Kier molecular flexibility index (Phi) is 5.71. The van der Waals surface area contributed by atoms with E-state index in [4.69, 9.17) is 5.14 Å². The first-order valence-corrected chi connectivity index (χ1v) is 8.17. The molecule has 3 N–H and O–H groups in total. The lowest BCUT2D eigenvalue weighted by Crippen LogP contribution is -2.35. The van der Waals surface area contributed by atoms with E-state index in [2.05, 4.69) is 5.32 Å². The van der Waals surface area contributed by atoms with Gasteiger partial charge in [-0.2, -0.15) is 0 Å². The van der Waals surface area contributed by atoms with Crippen LogP contribution in [0.1, 0.15) is 32.8 Å². The smallest absolute Gasteiger partial charge is 0.238 e. The average Bonchev–Trinajstić information content (AvgIpc) is 2.35. The number of hydrogen-bond donors (Lipinski definition) is 2. The van der Waals surface area contributed by atoms with Crippen LogP contribution in [0, 0.1) is 5.92 Å². The van der Waals surface area contributed by atoms with Crippen LogP contribution in [-0.4, -0.2) is 20.4 Å². The number of rotatable bonds is 6. The minimum atomic E-state index is -3.63. The lowest BCUT2D eigenvalue weighted by Gasteiger charge is -2.15. The Labute approximate surface area is 120 Å². The van der Waals surface area contributed by atoms with Gasteiger partial charge in [0.15, 0.2) is 0 Å². The molecule has 0 saturated heterocycles. The van der Waals surface area contributed by atoms with Crippen molar-refractivity contribution in [2.24, 2.45) is 11.1 Å². The number of carbonyl (C=O) groups excluding carboxylic acids is 1. The van der Waals surface area contributed by atoms with E-state index >= 15 is 0 Å². The normalized spacial score (nSPS) is 13.2. The molecule has 1 unspecified atom stereocenters. The van der Waals surface area contributed by atoms with Crippen LogP contribution in [0.3, 0.4) is 0 Å². The molecule has 1 aromatic rings. The van der Waals surface area contributed by atoms with Crippen molar-refractivity contribution in [3.8, 4) is 0 Å². The number of nitrogens with one attached hydrogen (secondary N) is 1. The summed E-state index contributed by atoms with van der Waals surface area (Å²) >= 11 is 0. The van der Waals surface area contributed by atoms with E-state index in [0.29, 0.717) is 0 Å². The van der Waals surface area contributed by atoms with Crippen LogP contribution in [0.15, 0.2) is 29.2 Å². The van der Waals surface area contributed by atoms with Crippen LogP contribution in [-0.2, 0) is 21.2 Å². The van der Waals surface area contributed by atoms with Gasteiger partial charge in [-0.05, 0) is 37.5 Å². The summed E-state index contributed by atoms with van der Waals surface area (Å²) < 4.78 is 22.3. The fraction of sp³-hybridized carbons (Fsp3) is 0.500. The first-order valence-electron chi connectivity index (χ1n) is 6.62. The summed E-state index contributed by atoms with van der Waals surface area (Å²) in [6.07, 6.45) is 1.57. The Morgan fingerprint density at radius 1 is 1.20 bits per heavy atom. The molecule has 1 atom stereocenters. The molecule has 0 fully saturated rings. The van der Waals surface area contributed by atoms with Crippen LogP contribution in [0.4, 0.5) is 0 Å². The van der Waals surface area contributed by atoms with Crippen molar-refractivity contribution >= 4 is 15.9 Å². The van der Waals surface area contributed by atoms with Crippen molar-refractivity contribution in [2.75, 3.05) is 0 Å². The van der Waals surface area contributed by atoms with Crippen molar-refractivity contribution in [3.05, 3.63) is 29.8 Å². The minimum absolute atomic E-state index is 0.0218. The van der Waals surface area contributed by atoms with E-state index in [0.717, 1.165) is 18.4 Å². The van der Waals surface area contributed by atoms with E-state index in [1.165, 1.54) is 12.1 Å². The standard InChI is InChI=1S/C14H22N2O3S/c1-10(2)14(17)16-11(3)4-5-12-6-8-13(9-7-12)20(15,18)19/h6-11H,4-5H2,1-3H3,(H,16,17)(H2,15,18,19). The van der Waals surface area contributed by atoms with Gasteiger partial charge in [0.1, 0.15) is 0 Å². The molecule has 0 radical (unpaired) electrons. The minimum Gasteiger partial charge on any atom is -0.353 e. The SMILES string of the molecule is CC(CCc1ccc(S(N)(=O)=O)cc1)NC(=O)C(C)C. The third-order valence-corrected chi connectivity index (χ3v) is 3.96. The molecule has 20 heavy (non-hydrogen) atoms. The van der Waals surface area contributed by atoms with E-state index in [1.54, 1.807) is 12.1 Å². The van der Waals surface area contributed by atoms with Crippen molar-refractivity contribution in [2.45, 2.75) is 44.6 Å². The molecular weight excluding hydrogens is 276 g/mol. The number of primary sulfonamides is 1. The van der Waals surface area contributed by atoms with E-state index in [-0.39, 0.29) is 22.8 Å². The Bertz CT molecular complexity index is 550. The van der Waals surface area contributed by atoms with Gasteiger partial charge in [0, 0.05) is 12.0 Å². The van der Waals surface area contributed by atoms with Crippen molar-refractivity contribution in [1.82, 2.24) is 5.32 Å². The molecule has 0 aromatic heterocycles. The molecular formula is C14H22N2O3S. The van der Waals surface area contributed by atoms with Gasteiger partial charge < -0.3 is 5.32 Å². The highest BCUT2D eigenvalue weighted by Crippen LogP contribution is 2.11. The largest absolute Gasteiger partial charge is 0.353 e. The summed E-state index contributed by atoms with van der Waals surface area (Å²) in [5, 5.41) is 7.97. The summed E-state index contributed by atoms with van der Waals surface area (Å²) in [6, 6.07) is 6.58. The summed E-state index contributed by atoms with van der Waals surface area (Å²) in [6.45, 7) is 5.67. The molecule has 1 aromatic carbocycles. The summed E-state index contributed by atoms with van der Waals surface area (Å²) in [5.41, 5.74) is 1.02. The fourth-order valence-corrected chi connectivity index (χ4v) is 2.23. The number of carbonyl (C=O) groups is 1. The van der Waals surface area contributed by atoms with Crippen molar-refractivity contribution in [3.63, 3.8) is 0 Å². The molecule has 0 aliphatic carbocycles. The second kappa shape index (κ2) is 6.85. The zero-order chi connectivity index (χ0) is 15.3. The molecule has 0 bridgehead atoms. The average molecular weight is 298 g/mol. The maximum atomic E-state index is 11.5. The number of hydrogen-bond acceptors (Lipinski definition) is 3. The zero-order valence-corrected chi connectivity index (χ0v) is 12.9. The van der Waals surface area contributed by atoms with Crippen LogP contribution in [0.5, 0.6) is 0 Å². The van der Waals surface area contributed by atoms with Gasteiger partial charge >= 0.3 is 0 Å². The van der Waals surface area contributed by atoms with Crippen LogP contribution >= 0.6 is 0 Å². The first kappa shape index (κ1) is 16.7. The molecule has 0 aliphatic rings. The number of amides is 1. The second-order valence-corrected chi connectivity index (χ2v) is 6.85. The van der Waals surface area contributed by atoms with Gasteiger partial charge in [0.25, 0.3) is 0 Å². The Morgan fingerprint density at radius 2 is 1.75 bits per heavy atom. The topological polar surface area (TPSA) is 89.3 Å². The summed E-state index contributed by atoms with van der Waals surface area (Å²) in [7, 11) is -3.63. The monoisotopic (exact) mass is 298 g/mol. The van der Waals surface area contributed by atoms with Gasteiger partial charge in [0.05, 0.1) is 4.90 Å². The highest BCUT2D eigenvalue weighted by atomic mass is 32.2. The number of sulfonamides is 1. The molecule has 0 saturated carbocycles. The highest BCUT2D eigenvalue weighted by Gasteiger charge is 2.11. The van der Waals surface area contributed by atoms with E-state index < -0.39 is 10.0 Å². The Hall–Kier alpha value is -1.40. The van der Waals surface area contributed by atoms with Gasteiger partial charge in [-0.25, -0.2) is 13.6 Å². The predicted octanol–water partition coefficient (Wildman–Crippen LogP) is 1.43. The van der Waals surface area contributed by atoms with Crippen LogP contribution in [0.2, 0.25) is 0 Å². The number of nitrogens with two attached hydrogens (primary N) is 1. The first-order chi connectivity index (χ1) is 9.20. The molecule has 6 heteroatoms. The lowest BCUT2D eigenvalue weighted by molar-refractivity contribution is -0.124. The molecule has 1 rings (SSSR count). The molecule has 0 aliphatic heterocycles. The van der Waals surface area contributed by atoms with Gasteiger partial charge in [0.2, 0.25) is 15.9 Å². The third-order valence-electron chi connectivity index (χ3n) is 3.03. The lowest BCUT2D eigenvalue weighted by atomic mass is 10.1. The van der Waals surface area contributed by atoms with Gasteiger partial charge in [-0.3, -0.25) is 4.79 Å². The predicted molar refractivity (Wildman–Crippen MR) is 78.6 cm³/mol. The molecule has 0 heterocycles. The molecule has 0 spiro atoms.